The molecule has 188 valence electrons. The fourth-order valence-electron chi connectivity index (χ4n) is 3.38. The molecule has 7 nitrogen and oxygen atoms in total. The maximum atomic E-state index is 13.7. The Hall–Kier alpha value is -3.01. The maximum Gasteiger partial charge on any atom is 0.408 e. The van der Waals surface area contributed by atoms with Crippen molar-refractivity contribution in [1.29, 1.82) is 0 Å². The van der Waals surface area contributed by atoms with Crippen LogP contribution in [-0.4, -0.2) is 41.0 Å². The van der Waals surface area contributed by atoms with Crippen molar-refractivity contribution in [3.8, 4) is 12.5 Å². The summed E-state index contributed by atoms with van der Waals surface area (Å²) >= 11 is 0. The molecule has 1 rings (SSSR count). The van der Waals surface area contributed by atoms with Gasteiger partial charge >= 0.3 is 6.09 Å². The van der Waals surface area contributed by atoms with Crippen LogP contribution in [0.15, 0.2) is 24.3 Å². The molecule has 0 spiro atoms. The van der Waals surface area contributed by atoms with Crippen molar-refractivity contribution in [2.24, 2.45) is 5.92 Å². The lowest BCUT2D eigenvalue weighted by Crippen LogP contribution is -2.54. The highest BCUT2D eigenvalue weighted by Gasteiger charge is 2.37. The number of carbonyl (C=O) groups excluding carboxylic acids is 3. The summed E-state index contributed by atoms with van der Waals surface area (Å²) in [6.45, 7) is 13.5. The predicted molar refractivity (Wildman–Crippen MR) is 135 cm³/mol. The number of hydrogen-bond acceptors (Lipinski definition) is 4. The molecule has 3 atom stereocenters. The van der Waals surface area contributed by atoms with Gasteiger partial charge in [0.15, 0.2) is 0 Å². The number of hydrogen-bond donors (Lipinski definition) is 2. The summed E-state index contributed by atoms with van der Waals surface area (Å²) in [5.41, 5.74) is 0.903. The molecule has 0 heterocycles. The van der Waals surface area contributed by atoms with Crippen molar-refractivity contribution < 1.29 is 19.1 Å². The molecule has 0 radical (unpaired) electrons. The average Bonchev–Trinajstić information content (AvgIpc) is 2.77. The summed E-state index contributed by atoms with van der Waals surface area (Å²) in [5.74, 6) is -1.12. The van der Waals surface area contributed by atoms with Crippen LogP contribution in [0, 0.1) is 25.3 Å². The molecule has 0 aromatic heterocycles. The SMILES string of the molecule is C#CN(C(=O)C(NC(=O)OC(C)(C)C)C(C)CC)C(C(=O)NCCCCC)c1ccc(C)cc1. The Bertz CT molecular complexity index is 852. The predicted octanol–water partition coefficient (Wildman–Crippen LogP) is 4.70. The molecule has 3 amide bonds. The van der Waals surface area contributed by atoms with E-state index >= 15 is 0 Å². The van der Waals surface area contributed by atoms with Crippen molar-refractivity contribution in [3.05, 3.63) is 35.4 Å². The number of unbranched alkanes of at least 4 members (excludes halogenated alkanes) is 2. The van der Waals surface area contributed by atoms with Crippen LogP contribution in [0.1, 0.15) is 84.4 Å². The van der Waals surface area contributed by atoms with Gasteiger partial charge in [0.1, 0.15) is 17.7 Å². The summed E-state index contributed by atoms with van der Waals surface area (Å²) in [5, 5.41) is 5.59. The first-order valence-corrected chi connectivity index (χ1v) is 12.1. The highest BCUT2D eigenvalue weighted by molar-refractivity contribution is 5.93. The number of amides is 3. The standard InChI is InChI=1S/C27H41N3O4/c1-9-12-13-18-28-24(31)23(21-16-14-19(4)15-17-21)30(11-3)25(32)22(20(5)10-2)29-26(33)34-27(6,7)8/h3,14-17,20,22-23H,9-10,12-13,18H2,1-2,4-8H3,(H,28,31)(H,29,33). The molecule has 0 aliphatic carbocycles. The molecular weight excluding hydrogens is 430 g/mol. The van der Waals surface area contributed by atoms with Gasteiger partial charge in [0, 0.05) is 12.6 Å². The molecule has 1 aromatic carbocycles. The van der Waals surface area contributed by atoms with Crippen LogP contribution < -0.4 is 10.6 Å². The number of rotatable bonds is 11. The van der Waals surface area contributed by atoms with Gasteiger partial charge in [-0.2, -0.15) is 0 Å². The van der Waals surface area contributed by atoms with Crippen molar-refractivity contribution in [1.82, 2.24) is 15.5 Å². The fraction of sp³-hybridized carbons (Fsp3) is 0.593. The second-order valence-corrected chi connectivity index (χ2v) is 9.66. The molecule has 3 unspecified atom stereocenters. The van der Waals surface area contributed by atoms with Crippen LogP contribution in [-0.2, 0) is 14.3 Å². The Morgan fingerprint density at radius 3 is 2.24 bits per heavy atom. The second-order valence-electron chi connectivity index (χ2n) is 9.66. The van der Waals surface area contributed by atoms with Crippen LogP contribution in [0.4, 0.5) is 4.79 Å². The van der Waals surface area contributed by atoms with Crippen molar-refractivity contribution >= 4 is 17.9 Å². The average molecular weight is 472 g/mol. The third-order valence-electron chi connectivity index (χ3n) is 5.51. The molecule has 0 aliphatic heterocycles. The third kappa shape index (κ3) is 9.09. The molecule has 7 heteroatoms. The van der Waals surface area contributed by atoms with E-state index in [0.717, 1.165) is 29.7 Å². The number of benzene rings is 1. The molecule has 34 heavy (non-hydrogen) atoms. The van der Waals surface area contributed by atoms with Crippen LogP contribution in [0.2, 0.25) is 0 Å². The highest BCUT2D eigenvalue weighted by atomic mass is 16.6. The van der Waals surface area contributed by atoms with Crippen LogP contribution in [0.25, 0.3) is 0 Å². The van der Waals surface area contributed by atoms with E-state index in [1.54, 1.807) is 32.9 Å². The van der Waals surface area contributed by atoms with Crippen molar-refractivity contribution in [2.45, 2.75) is 91.8 Å². The minimum atomic E-state index is -1.02. The maximum absolute atomic E-state index is 13.7. The van der Waals surface area contributed by atoms with E-state index in [9.17, 15) is 14.4 Å². The molecule has 0 saturated heterocycles. The van der Waals surface area contributed by atoms with E-state index in [4.69, 9.17) is 11.2 Å². The highest BCUT2D eigenvalue weighted by Crippen LogP contribution is 2.24. The van der Waals surface area contributed by atoms with E-state index in [-0.39, 0.29) is 11.8 Å². The monoisotopic (exact) mass is 471 g/mol. The fourth-order valence-corrected chi connectivity index (χ4v) is 3.38. The summed E-state index contributed by atoms with van der Waals surface area (Å²) < 4.78 is 5.36. The third-order valence-corrected chi connectivity index (χ3v) is 5.51. The van der Waals surface area contributed by atoms with E-state index in [1.807, 2.05) is 32.9 Å². The van der Waals surface area contributed by atoms with E-state index < -0.39 is 29.7 Å². The Morgan fingerprint density at radius 1 is 1.12 bits per heavy atom. The lowest BCUT2D eigenvalue weighted by Gasteiger charge is -2.32. The smallest absolute Gasteiger partial charge is 0.408 e. The van der Waals surface area contributed by atoms with E-state index in [0.29, 0.717) is 18.5 Å². The van der Waals surface area contributed by atoms with Crippen molar-refractivity contribution in [2.75, 3.05) is 6.54 Å². The molecular formula is C27H41N3O4. The van der Waals surface area contributed by atoms with E-state index in [2.05, 4.69) is 23.6 Å². The molecule has 0 aliphatic rings. The minimum Gasteiger partial charge on any atom is -0.444 e. The van der Waals surface area contributed by atoms with Gasteiger partial charge in [0.05, 0.1) is 0 Å². The number of aryl methyl sites for hydroxylation is 1. The first kappa shape index (κ1) is 29.0. The Kier molecular flexibility index (Phi) is 11.6. The number of ether oxygens (including phenoxy) is 1. The van der Waals surface area contributed by atoms with Crippen LogP contribution in [0.3, 0.4) is 0 Å². The topological polar surface area (TPSA) is 87.7 Å². The summed E-state index contributed by atoms with van der Waals surface area (Å²) in [6, 6.07) is 7.77. The van der Waals surface area contributed by atoms with Crippen LogP contribution in [0.5, 0.6) is 0 Å². The number of nitrogens with one attached hydrogen (secondary N) is 2. The minimum absolute atomic E-state index is 0.234. The van der Waals surface area contributed by atoms with Gasteiger partial charge in [-0.25, -0.2) is 4.79 Å². The van der Waals surface area contributed by atoms with Crippen molar-refractivity contribution in [3.63, 3.8) is 0 Å². The molecule has 2 N–H and O–H groups in total. The van der Waals surface area contributed by atoms with Gasteiger partial charge in [-0.3, -0.25) is 14.5 Å². The molecule has 1 aromatic rings. The molecule has 0 fully saturated rings. The number of nitrogens with zero attached hydrogens (tertiary/aromatic N) is 1. The normalized spacial score (nSPS) is 13.7. The van der Waals surface area contributed by atoms with Gasteiger partial charge in [-0.15, -0.1) is 0 Å². The molecule has 0 saturated carbocycles. The Balaban J connectivity index is 3.30. The first-order chi connectivity index (χ1) is 15.9. The van der Waals surface area contributed by atoms with Gasteiger partial charge in [0.25, 0.3) is 5.91 Å². The number of terminal acetylenes is 1. The van der Waals surface area contributed by atoms with Gasteiger partial charge in [-0.1, -0.05) is 76.3 Å². The summed E-state index contributed by atoms with van der Waals surface area (Å²) in [4.78, 5) is 40.5. The van der Waals surface area contributed by atoms with Gasteiger partial charge < -0.3 is 15.4 Å². The quantitative estimate of drug-likeness (QED) is 0.278. The largest absolute Gasteiger partial charge is 0.444 e. The first-order valence-electron chi connectivity index (χ1n) is 12.1. The lowest BCUT2D eigenvalue weighted by atomic mass is 9.96. The number of carbonyl (C=O) groups is 3. The molecule has 0 bridgehead atoms. The summed E-state index contributed by atoms with van der Waals surface area (Å²) in [7, 11) is 0. The zero-order valence-corrected chi connectivity index (χ0v) is 21.7. The zero-order chi connectivity index (χ0) is 25.9. The lowest BCUT2D eigenvalue weighted by molar-refractivity contribution is -0.139. The zero-order valence-electron chi connectivity index (χ0n) is 21.7. The van der Waals surface area contributed by atoms with E-state index in [1.165, 1.54) is 0 Å². The summed E-state index contributed by atoms with van der Waals surface area (Å²) in [6.07, 6.45) is 8.56. The van der Waals surface area contributed by atoms with Gasteiger partial charge in [0.2, 0.25) is 5.91 Å². The van der Waals surface area contributed by atoms with Crippen LogP contribution >= 0.6 is 0 Å². The Labute approximate surface area is 205 Å². The van der Waals surface area contributed by atoms with Gasteiger partial charge in [-0.05, 0) is 45.6 Å². The number of alkyl carbamates (subject to hydrolysis) is 1. The second kappa shape index (κ2) is 13.6. The Morgan fingerprint density at radius 2 is 1.74 bits per heavy atom.